The van der Waals surface area contributed by atoms with Crippen molar-refractivity contribution in [1.82, 2.24) is 0 Å². The van der Waals surface area contributed by atoms with E-state index in [-0.39, 0.29) is 5.92 Å². The zero-order chi connectivity index (χ0) is 14.1. The van der Waals surface area contributed by atoms with Gasteiger partial charge in [0.15, 0.2) is 5.78 Å². The Bertz CT molecular complexity index is 639. The van der Waals surface area contributed by atoms with Gasteiger partial charge in [0.1, 0.15) is 0 Å². The van der Waals surface area contributed by atoms with Gasteiger partial charge in [-0.05, 0) is 36.3 Å². The molecular formula is C18H19ClO. The van der Waals surface area contributed by atoms with E-state index in [1.54, 1.807) is 0 Å². The van der Waals surface area contributed by atoms with E-state index in [2.05, 4.69) is 6.92 Å². The van der Waals surface area contributed by atoms with Crippen LogP contribution in [0.5, 0.6) is 0 Å². The minimum absolute atomic E-state index is 0.191. The van der Waals surface area contributed by atoms with Crippen molar-refractivity contribution >= 4 is 28.2 Å². The van der Waals surface area contributed by atoms with Crippen LogP contribution in [0, 0.1) is 11.8 Å². The summed E-state index contributed by atoms with van der Waals surface area (Å²) >= 11 is 6.23. The molecule has 0 amide bonds. The lowest BCUT2D eigenvalue weighted by atomic mass is 9.79. The summed E-state index contributed by atoms with van der Waals surface area (Å²) in [4.78, 5) is 12.8. The number of ketones is 1. The van der Waals surface area contributed by atoms with E-state index < -0.39 is 0 Å². The fourth-order valence-corrected chi connectivity index (χ4v) is 3.45. The third-order valence-corrected chi connectivity index (χ3v) is 4.85. The zero-order valence-electron chi connectivity index (χ0n) is 11.7. The molecule has 0 heterocycles. The maximum absolute atomic E-state index is 12.8. The second-order valence-electron chi connectivity index (χ2n) is 5.96. The van der Waals surface area contributed by atoms with Crippen molar-refractivity contribution in [2.24, 2.45) is 11.8 Å². The van der Waals surface area contributed by atoms with Crippen LogP contribution in [0.2, 0.25) is 5.02 Å². The van der Waals surface area contributed by atoms with Gasteiger partial charge in [-0.1, -0.05) is 55.6 Å². The number of halogens is 1. The molecule has 1 aliphatic carbocycles. The van der Waals surface area contributed by atoms with Gasteiger partial charge in [0.2, 0.25) is 0 Å². The first-order valence-electron chi connectivity index (χ1n) is 7.38. The van der Waals surface area contributed by atoms with Crippen LogP contribution in [0.4, 0.5) is 0 Å². The molecule has 2 aromatic carbocycles. The van der Waals surface area contributed by atoms with Crippen molar-refractivity contribution in [2.45, 2.75) is 32.6 Å². The van der Waals surface area contributed by atoms with E-state index in [0.29, 0.717) is 5.78 Å². The Balaban J connectivity index is 1.98. The second-order valence-corrected chi connectivity index (χ2v) is 6.37. The zero-order valence-corrected chi connectivity index (χ0v) is 12.5. The highest BCUT2D eigenvalue weighted by atomic mass is 35.5. The SMILES string of the molecule is CC1CCC(C(=O)c2ccc(Cl)c3ccccc23)CC1. The van der Waals surface area contributed by atoms with E-state index in [0.717, 1.165) is 40.1 Å². The van der Waals surface area contributed by atoms with E-state index in [9.17, 15) is 4.79 Å². The van der Waals surface area contributed by atoms with Gasteiger partial charge in [0.05, 0.1) is 0 Å². The summed E-state index contributed by atoms with van der Waals surface area (Å²) in [6.07, 6.45) is 4.39. The highest BCUT2D eigenvalue weighted by molar-refractivity contribution is 6.36. The van der Waals surface area contributed by atoms with Crippen LogP contribution < -0.4 is 0 Å². The molecule has 0 aromatic heterocycles. The quantitative estimate of drug-likeness (QED) is 0.666. The minimum atomic E-state index is 0.191. The average molecular weight is 287 g/mol. The summed E-state index contributed by atoms with van der Waals surface area (Å²) in [7, 11) is 0. The summed E-state index contributed by atoms with van der Waals surface area (Å²) in [6, 6.07) is 11.7. The molecule has 0 saturated heterocycles. The highest BCUT2D eigenvalue weighted by Gasteiger charge is 2.26. The molecule has 0 aliphatic heterocycles. The third kappa shape index (κ3) is 2.47. The van der Waals surface area contributed by atoms with Gasteiger partial charge in [-0.15, -0.1) is 0 Å². The molecule has 0 atom stereocenters. The van der Waals surface area contributed by atoms with Gasteiger partial charge >= 0.3 is 0 Å². The van der Waals surface area contributed by atoms with Crippen LogP contribution in [0.15, 0.2) is 36.4 Å². The molecule has 0 bridgehead atoms. The van der Waals surface area contributed by atoms with Crippen molar-refractivity contribution < 1.29 is 4.79 Å². The number of benzene rings is 2. The van der Waals surface area contributed by atoms with Crippen LogP contribution in [-0.2, 0) is 0 Å². The second kappa shape index (κ2) is 5.57. The Morgan fingerprint density at radius 1 is 1.00 bits per heavy atom. The predicted molar refractivity (Wildman–Crippen MR) is 84.4 cm³/mol. The number of fused-ring (bicyclic) bond motifs is 1. The van der Waals surface area contributed by atoms with Crippen molar-refractivity contribution in [3.8, 4) is 0 Å². The maximum atomic E-state index is 12.8. The Kier molecular flexibility index (Phi) is 3.80. The van der Waals surface area contributed by atoms with Crippen LogP contribution in [0.25, 0.3) is 10.8 Å². The van der Waals surface area contributed by atoms with Gasteiger partial charge in [-0.25, -0.2) is 0 Å². The lowest BCUT2D eigenvalue weighted by Gasteiger charge is -2.25. The molecule has 0 N–H and O–H groups in total. The normalized spacial score (nSPS) is 22.9. The fourth-order valence-electron chi connectivity index (χ4n) is 3.22. The Hall–Kier alpha value is -1.34. The molecule has 2 aromatic rings. The molecule has 3 rings (SSSR count). The smallest absolute Gasteiger partial charge is 0.166 e. The first-order chi connectivity index (χ1) is 9.66. The molecule has 0 spiro atoms. The molecule has 1 nitrogen and oxygen atoms in total. The third-order valence-electron chi connectivity index (χ3n) is 4.52. The van der Waals surface area contributed by atoms with Crippen molar-refractivity contribution in [2.75, 3.05) is 0 Å². The number of hydrogen-bond acceptors (Lipinski definition) is 1. The Morgan fingerprint density at radius 2 is 1.65 bits per heavy atom. The van der Waals surface area contributed by atoms with Gasteiger partial charge in [0, 0.05) is 21.9 Å². The lowest BCUT2D eigenvalue weighted by molar-refractivity contribution is 0.0877. The lowest BCUT2D eigenvalue weighted by Crippen LogP contribution is -2.21. The van der Waals surface area contributed by atoms with Crippen LogP contribution in [-0.4, -0.2) is 5.78 Å². The molecule has 0 radical (unpaired) electrons. The monoisotopic (exact) mass is 286 g/mol. The number of Topliss-reactive ketones (excluding diaryl/α,β-unsaturated/α-hetero) is 1. The van der Waals surface area contributed by atoms with Crippen molar-refractivity contribution in [3.05, 3.63) is 47.0 Å². The standard InChI is InChI=1S/C18H19ClO/c1-12-6-8-13(9-7-12)18(20)16-10-11-17(19)15-5-3-2-4-14(15)16/h2-5,10-13H,6-9H2,1H3. The molecule has 1 saturated carbocycles. The summed E-state index contributed by atoms with van der Waals surface area (Å²) in [6.45, 7) is 2.28. The Labute approximate surface area is 124 Å². The summed E-state index contributed by atoms with van der Waals surface area (Å²) in [5, 5.41) is 2.68. The average Bonchev–Trinajstić information content (AvgIpc) is 2.48. The van der Waals surface area contributed by atoms with Crippen LogP contribution >= 0.6 is 11.6 Å². The maximum Gasteiger partial charge on any atom is 0.166 e. The van der Waals surface area contributed by atoms with Gasteiger partial charge in [-0.2, -0.15) is 0 Å². The van der Waals surface area contributed by atoms with Gasteiger partial charge < -0.3 is 0 Å². The van der Waals surface area contributed by atoms with Crippen molar-refractivity contribution in [3.63, 3.8) is 0 Å². The number of carbonyl (C=O) groups excluding carboxylic acids is 1. The van der Waals surface area contributed by atoms with Crippen LogP contribution in [0.1, 0.15) is 43.0 Å². The highest BCUT2D eigenvalue weighted by Crippen LogP contribution is 2.33. The summed E-state index contributed by atoms with van der Waals surface area (Å²) in [5.74, 6) is 1.25. The van der Waals surface area contributed by atoms with E-state index in [1.807, 2.05) is 36.4 Å². The predicted octanol–water partition coefficient (Wildman–Crippen LogP) is 5.50. The topological polar surface area (TPSA) is 17.1 Å². The number of carbonyl (C=O) groups is 1. The van der Waals surface area contributed by atoms with E-state index >= 15 is 0 Å². The fraction of sp³-hybridized carbons (Fsp3) is 0.389. The number of hydrogen-bond donors (Lipinski definition) is 0. The molecule has 2 heteroatoms. The molecule has 0 unspecified atom stereocenters. The van der Waals surface area contributed by atoms with E-state index in [1.165, 1.54) is 12.8 Å². The largest absolute Gasteiger partial charge is 0.294 e. The summed E-state index contributed by atoms with van der Waals surface area (Å²) in [5.41, 5.74) is 0.838. The Morgan fingerprint density at radius 3 is 2.35 bits per heavy atom. The first-order valence-corrected chi connectivity index (χ1v) is 7.76. The van der Waals surface area contributed by atoms with Crippen LogP contribution in [0.3, 0.4) is 0 Å². The molecular weight excluding hydrogens is 268 g/mol. The molecule has 1 fully saturated rings. The molecule has 20 heavy (non-hydrogen) atoms. The summed E-state index contributed by atoms with van der Waals surface area (Å²) < 4.78 is 0. The molecule has 1 aliphatic rings. The molecule has 104 valence electrons. The minimum Gasteiger partial charge on any atom is -0.294 e. The van der Waals surface area contributed by atoms with Crippen molar-refractivity contribution in [1.29, 1.82) is 0 Å². The first kappa shape index (κ1) is 13.6. The van der Waals surface area contributed by atoms with Gasteiger partial charge in [-0.3, -0.25) is 4.79 Å². The van der Waals surface area contributed by atoms with E-state index in [4.69, 9.17) is 11.6 Å². The number of rotatable bonds is 2. The van der Waals surface area contributed by atoms with Gasteiger partial charge in [0.25, 0.3) is 0 Å².